The summed E-state index contributed by atoms with van der Waals surface area (Å²) >= 11 is 1.43. The van der Waals surface area contributed by atoms with E-state index in [9.17, 15) is 8.42 Å². The highest BCUT2D eigenvalue weighted by Crippen LogP contribution is 2.22. The summed E-state index contributed by atoms with van der Waals surface area (Å²) in [6, 6.07) is 1.72. The topological polar surface area (TPSA) is 86.9 Å². The molecule has 2 aromatic heterocycles. The van der Waals surface area contributed by atoms with E-state index < -0.39 is 10.0 Å². The molecule has 0 spiro atoms. The Kier molecular flexibility index (Phi) is 3.69. The van der Waals surface area contributed by atoms with Crippen LogP contribution in [0.2, 0.25) is 0 Å². The molecule has 2 heterocycles. The fourth-order valence-electron chi connectivity index (χ4n) is 1.64. The highest BCUT2D eigenvalue weighted by Gasteiger charge is 2.24. The SMILES string of the molecule is CNCc1n[nH]c(C)c1S(=O)(=O)Nc1ccsc1. The van der Waals surface area contributed by atoms with Gasteiger partial charge in [-0.15, -0.1) is 0 Å². The Labute approximate surface area is 109 Å². The maximum absolute atomic E-state index is 12.3. The molecule has 0 aliphatic heterocycles. The highest BCUT2D eigenvalue weighted by atomic mass is 32.2. The Bertz CT molecular complexity index is 616. The molecule has 0 bridgehead atoms. The summed E-state index contributed by atoms with van der Waals surface area (Å²) in [5.74, 6) is 0. The average molecular weight is 286 g/mol. The van der Waals surface area contributed by atoms with Crippen molar-refractivity contribution in [1.29, 1.82) is 0 Å². The first-order chi connectivity index (χ1) is 8.54. The summed E-state index contributed by atoms with van der Waals surface area (Å²) in [5.41, 5.74) is 1.58. The van der Waals surface area contributed by atoms with Crippen molar-refractivity contribution in [3.8, 4) is 0 Å². The second kappa shape index (κ2) is 5.09. The van der Waals surface area contributed by atoms with Gasteiger partial charge in [0.15, 0.2) is 0 Å². The number of rotatable bonds is 5. The predicted octanol–water partition coefficient (Wildman–Crippen LogP) is 1.30. The fourth-order valence-corrected chi connectivity index (χ4v) is 3.72. The van der Waals surface area contributed by atoms with E-state index in [2.05, 4.69) is 20.2 Å². The van der Waals surface area contributed by atoms with Gasteiger partial charge in [-0.25, -0.2) is 8.42 Å². The largest absolute Gasteiger partial charge is 0.314 e. The normalized spacial score (nSPS) is 11.7. The van der Waals surface area contributed by atoms with Crippen LogP contribution in [0.15, 0.2) is 21.7 Å². The van der Waals surface area contributed by atoms with E-state index in [0.29, 0.717) is 23.6 Å². The summed E-state index contributed by atoms with van der Waals surface area (Å²) in [6.07, 6.45) is 0. The van der Waals surface area contributed by atoms with Crippen LogP contribution < -0.4 is 10.0 Å². The van der Waals surface area contributed by atoms with Crippen LogP contribution in [0.5, 0.6) is 0 Å². The molecule has 3 N–H and O–H groups in total. The lowest BCUT2D eigenvalue weighted by atomic mass is 10.4. The molecule has 0 radical (unpaired) electrons. The van der Waals surface area contributed by atoms with Crippen LogP contribution in [-0.4, -0.2) is 25.7 Å². The maximum atomic E-state index is 12.3. The molecule has 0 aromatic carbocycles. The molecule has 0 amide bonds. The smallest absolute Gasteiger partial charge is 0.265 e. The van der Waals surface area contributed by atoms with Crippen LogP contribution in [0.3, 0.4) is 0 Å². The van der Waals surface area contributed by atoms with Crippen LogP contribution in [0.1, 0.15) is 11.4 Å². The molecule has 18 heavy (non-hydrogen) atoms. The van der Waals surface area contributed by atoms with E-state index in [0.717, 1.165) is 0 Å². The van der Waals surface area contributed by atoms with Crippen LogP contribution in [0.4, 0.5) is 5.69 Å². The zero-order valence-electron chi connectivity index (χ0n) is 10.0. The quantitative estimate of drug-likeness (QED) is 0.773. The Morgan fingerprint density at radius 3 is 2.89 bits per heavy atom. The minimum absolute atomic E-state index is 0.211. The van der Waals surface area contributed by atoms with Gasteiger partial charge in [-0.1, -0.05) is 0 Å². The zero-order valence-corrected chi connectivity index (χ0v) is 11.7. The van der Waals surface area contributed by atoms with Gasteiger partial charge in [0, 0.05) is 11.9 Å². The summed E-state index contributed by atoms with van der Waals surface area (Å²) in [5, 5.41) is 13.1. The number of hydrogen-bond acceptors (Lipinski definition) is 5. The van der Waals surface area contributed by atoms with Gasteiger partial charge >= 0.3 is 0 Å². The summed E-state index contributed by atoms with van der Waals surface area (Å²) in [7, 11) is -1.86. The highest BCUT2D eigenvalue weighted by molar-refractivity contribution is 7.92. The van der Waals surface area contributed by atoms with Crippen molar-refractivity contribution in [1.82, 2.24) is 15.5 Å². The first-order valence-corrected chi connectivity index (χ1v) is 7.70. The number of anilines is 1. The van der Waals surface area contributed by atoms with Crippen molar-refractivity contribution in [2.24, 2.45) is 0 Å². The van der Waals surface area contributed by atoms with Crippen LogP contribution in [0.25, 0.3) is 0 Å². The number of aromatic amines is 1. The number of nitrogens with zero attached hydrogens (tertiary/aromatic N) is 1. The lowest BCUT2D eigenvalue weighted by Crippen LogP contribution is -2.17. The van der Waals surface area contributed by atoms with E-state index in [1.165, 1.54) is 11.3 Å². The molecule has 98 valence electrons. The predicted molar refractivity (Wildman–Crippen MR) is 71.2 cm³/mol. The van der Waals surface area contributed by atoms with Gasteiger partial charge in [0.25, 0.3) is 10.0 Å². The van der Waals surface area contributed by atoms with E-state index in [-0.39, 0.29) is 4.90 Å². The number of H-pyrrole nitrogens is 1. The van der Waals surface area contributed by atoms with Crippen molar-refractivity contribution < 1.29 is 8.42 Å². The average Bonchev–Trinajstić information content (AvgIpc) is 2.89. The number of aromatic nitrogens is 2. The van der Waals surface area contributed by atoms with E-state index >= 15 is 0 Å². The van der Waals surface area contributed by atoms with E-state index in [1.807, 2.05) is 5.38 Å². The summed E-state index contributed by atoms with van der Waals surface area (Å²) in [4.78, 5) is 0.211. The Hall–Kier alpha value is -1.38. The Morgan fingerprint density at radius 1 is 1.50 bits per heavy atom. The summed E-state index contributed by atoms with van der Waals surface area (Å²) < 4.78 is 27.1. The first-order valence-electron chi connectivity index (χ1n) is 5.28. The van der Waals surface area contributed by atoms with Crippen LogP contribution in [0, 0.1) is 6.92 Å². The third kappa shape index (κ3) is 2.55. The number of thiophene rings is 1. The van der Waals surface area contributed by atoms with Gasteiger partial charge in [0.2, 0.25) is 0 Å². The molecular weight excluding hydrogens is 272 g/mol. The number of sulfonamides is 1. The molecule has 6 nitrogen and oxygen atoms in total. The molecular formula is C10H14N4O2S2. The molecule has 0 aliphatic rings. The third-order valence-electron chi connectivity index (χ3n) is 2.35. The van der Waals surface area contributed by atoms with Crippen molar-refractivity contribution in [2.75, 3.05) is 11.8 Å². The minimum Gasteiger partial charge on any atom is -0.314 e. The fraction of sp³-hybridized carbons (Fsp3) is 0.300. The molecule has 0 saturated heterocycles. The molecule has 0 unspecified atom stereocenters. The second-order valence-electron chi connectivity index (χ2n) is 3.77. The Morgan fingerprint density at radius 2 is 2.28 bits per heavy atom. The van der Waals surface area contributed by atoms with Gasteiger partial charge < -0.3 is 5.32 Å². The van der Waals surface area contributed by atoms with Crippen LogP contribution in [-0.2, 0) is 16.6 Å². The second-order valence-corrected chi connectivity index (χ2v) is 6.17. The Balaban J connectivity index is 2.37. The van der Waals surface area contributed by atoms with Crippen molar-refractivity contribution in [2.45, 2.75) is 18.4 Å². The molecule has 0 atom stereocenters. The lowest BCUT2D eigenvalue weighted by molar-refractivity contribution is 0.598. The number of nitrogens with one attached hydrogen (secondary N) is 3. The standard InChI is InChI=1S/C10H14N4O2S2/c1-7-10(9(5-11-2)13-12-7)18(15,16)14-8-3-4-17-6-8/h3-4,6,11,14H,5H2,1-2H3,(H,12,13). The first kappa shape index (κ1) is 13.1. The van der Waals surface area contributed by atoms with Crippen molar-refractivity contribution >= 4 is 27.0 Å². The number of aryl methyl sites for hydroxylation is 1. The van der Waals surface area contributed by atoms with E-state index in [4.69, 9.17) is 0 Å². The van der Waals surface area contributed by atoms with Crippen LogP contribution >= 0.6 is 11.3 Å². The molecule has 0 saturated carbocycles. The molecule has 2 rings (SSSR count). The van der Waals surface area contributed by atoms with Gasteiger partial charge in [0.05, 0.1) is 17.1 Å². The van der Waals surface area contributed by atoms with Crippen molar-refractivity contribution in [3.63, 3.8) is 0 Å². The van der Waals surface area contributed by atoms with E-state index in [1.54, 1.807) is 25.4 Å². The van der Waals surface area contributed by atoms with Gasteiger partial charge in [-0.2, -0.15) is 16.4 Å². The zero-order chi connectivity index (χ0) is 13.2. The van der Waals surface area contributed by atoms with Gasteiger partial charge in [-0.05, 0) is 25.4 Å². The third-order valence-corrected chi connectivity index (χ3v) is 4.61. The minimum atomic E-state index is -3.60. The lowest BCUT2D eigenvalue weighted by Gasteiger charge is -2.07. The molecule has 2 aromatic rings. The molecule has 0 aliphatic carbocycles. The number of hydrogen-bond donors (Lipinski definition) is 3. The molecule has 0 fully saturated rings. The summed E-state index contributed by atoms with van der Waals surface area (Å²) in [6.45, 7) is 2.08. The van der Waals surface area contributed by atoms with Gasteiger partial charge in [0.1, 0.15) is 4.90 Å². The van der Waals surface area contributed by atoms with Crippen molar-refractivity contribution in [3.05, 3.63) is 28.2 Å². The monoisotopic (exact) mass is 286 g/mol. The maximum Gasteiger partial charge on any atom is 0.265 e. The van der Waals surface area contributed by atoms with Gasteiger partial charge in [-0.3, -0.25) is 9.82 Å². The molecule has 8 heteroatoms.